The Kier molecular flexibility index (Phi) is 9.30. The van der Waals surface area contributed by atoms with Crippen LogP contribution in [0.2, 0.25) is 19.1 Å². The molecular weight excluding hydrogens is 454 g/mol. The Morgan fingerprint density at radius 1 is 1.00 bits per heavy atom. The molecule has 0 bridgehead atoms. The van der Waals surface area contributed by atoms with Gasteiger partial charge in [0.05, 0.1) is 20.2 Å². The van der Waals surface area contributed by atoms with Gasteiger partial charge >= 0.3 is 18.0 Å². The van der Waals surface area contributed by atoms with Crippen LogP contribution in [0.5, 0.6) is 0 Å². The summed E-state index contributed by atoms with van der Waals surface area (Å²) in [5, 5.41) is 15.2. The van der Waals surface area contributed by atoms with Crippen molar-refractivity contribution < 1.29 is 33.7 Å². The molecule has 9 heteroatoms. The van der Waals surface area contributed by atoms with Gasteiger partial charge < -0.3 is 24.6 Å². The number of alkyl carbamates (subject to hydrolysis) is 1. The highest BCUT2D eigenvalue weighted by Crippen LogP contribution is 2.35. The molecule has 0 aromatic heterocycles. The van der Waals surface area contributed by atoms with Crippen LogP contribution in [-0.4, -0.2) is 61.2 Å². The van der Waals surface area contributed by atoms with Gasteiger partial charge in [0, 0.05) is 19.8 Å². The lowest BCUT2D eigenvalue weighted by Crippen LogP contribution is -2.55. The maximum atomic E-state index is 12.5. The third-order valence-corrected chi connectivity index (χ3v) is 9.41. The first kappa shape index (κ1) is 27.8. The number of benzene rings is 1. The Hall–Kier alpha value is -2.39. The SMILES string of the molecule is CC(=O)O[C@H]1[C@H](C[Si](C)(C)c2ccccc2)[C@H](O)CC[C@H](NC(=O)OC(C)(C)C)[C@H]1OC(C)=O. The van der Waals surface area contributed by atoms with Crippen molar-refractivity contribution in [3.8, 4) is 0 Å². The molecule has 1 aromatic rings. The molecule has 1 amide bonds. The Bertz CT molecular complexity index is 853. The molecule has 0 heterocycles. The van der Waals surface area contributed by atoms with E-state index in [1.807, 2.05) is 18.2 Å². The number of carbonyl (C=O) groups is 3. The van der Waals surface area contributed by atoms with Crippen molar-refractivity contribution in [2.45, 2.75) is 96.6 Å². The molecule has 0 spiro atoms. The normalized spacial score (nSPS) is 25.6. The van der Waals surface area contributed by atoms with Crippen molar-refractivity contribution in [2.75, 3.05) is 0 Å². The Labute approximate surface area is 203 Å². The monoisotopic (exact) mass is 493 g/mol. The van der Waals surface area contributed by atoms with Gasteiger partial charge in [0.25, 0.3) is 0 Å². The lowest BCUT2D eigenvalue weighted by molar-refractivity contribution is -0.173. The molecule has 0 saturated heterocycles. The highest BCUT2D eigenvalue weighted by atomic mass is 28.3. The van der Waals surface area contributed by atoms with Crippen molar-refractivity contribution in [2.24, 2.45) is 5.92 Å². The maximum absolute atomic E-state index is 12.5. The molecule has 0 unspecified atom stereocenters. The minimum absolute atomic E-state index is 0.333. The van der Waals surface area contributed by atoms with Crippen molar-refractivity contribution >= 4 is 31.3 Å². The second kappa shape index (κ2) is 11.4. The molecule has 8 nitrogen and oxygen atoms in total. The smallest absolute Gasteiger partial charge is 0.408 e. The van der Waals surface area contributed by atoms with Crippen LogP contribution in [-0.2, 0) is 23.8 Å². The fourth-order valence-corrected chi connectivity index (χ4v) is 7.58. The van der Waals surface area contributed by atoms with E-state index in [-0.39, 0.29) is 0 Å². The topological polar surface area (TPSA) is 111 Å². The van der Waals surface area contributed by atoms with Crippen LogP contribution in [0.15, 0.2) is 30.3 Å². The van der Waals surface area contributed by atoms with Gasteiger partial charge in [-0.1, -0.05) is 48.6 Å². The average molecular weight is 494 g/mol. The van der Waals surface area contributed by atoms with Crippen LogP contribution in [0, 0.1) is 5.92 Å². The summed E-state index contributed by atoms with van der Waals surface area (Å²) in [6.45, 7) is 12.2. The van der Waals surface area contributed by atoms with E-state index in [4.69, 9.17) is 14.2 Å². The zero-order valence-corrected chi connectivity index (χ0v) is 22.3. The largest absolute Gasteiger partial charge is 0.458 e. The molecular formula is C25H39NO7Si. The second-order valence-electron chi connectivity index (χ2n) is 10.7. The van der Waals surface area contributed by atoms with Crippen molar-refractivity contribution in [3.05, 3.63) is 30.3 Å². The van der Waals surface area contributed by atoms with E-state index in [1.54, 1.807) is 20.8 Å². The number of nitrogens with one attached hydrogen (secondary N) is 1. The average Bonchev–Trinajstić information content (AvgIpc) is 2.80. The zero-order valence-electron chi connectivity index (χ0n) is 21.3. The third kappa shape index (κ3) is 8.13. The van der Waals surface area contributed by atoms with Crippen LogP contribution < -0.4 is 10.5 Å². The van der Waals surface area contributed by atoms with Crippen molar-refractivity contribution in [1.29, 1.82) is 0 Å². The standard InChI is InChI=1S/C25H39NO7Si/c1-16(27)31-22-19(15-34(6,7)18-11-9-8-10-12-18)21(29)14-13-20(23(22)32-17(2)28)26-24(30)33-25(3,4)5/h8-12,19-23,29H,13-15H2,1-7H3,(H,26,30)/t19-,20+,21-,22+,23-/m1/s1. The van der Waals surface area contributed by atoms with E-state index in [9.17, 15) is 19.5 Å². The van der Waals surface area contributed by atoms with Gasteiger partial charge in [-0.2, -0.15) is 0 Å². The number of amides is 1. The number of aliphatic hydroxyl groups is 1. The van der Waals surface area contributed by atoms with Gasteiger partial charge in [0.15, 0.2) is 6.10 Å². The summed E-state index contributed by atoms with van der Waals surface area (Å²) >= 11 is 0. The van der Waals surface area contributed by atoms with Gasteiger partial charge in [-0.25, -0.2) is 4.79 Å². The molecule has 190 valence electrons. The highest BCUT2D eigenvalue weighted by molar-refractivity contribution is 6.89. The summed E-state index contributed by atoms with van der Waals surface area (Å²) in [7, 11) is -2.08. The summed E-state index contributed by atoms with van der Waals surface area (Å²) in [5.41, 5.74) is -0.714. The maximum Gasteiger partial charge on any atom is 0.408 e. The van der Waals surface area contributed by atoms with Crippen LogP contribution in [0.4, 0.5) is 4.79 Å². The quantitative estimate of drug-likeness (QED) is 0.271. The van der Waals surface area contributed by atoms with Crippen LogP contribution >= 0.6 is 0 Å². The van der Waals surface area contributed by atoms with Crippen LogP contribution in [0.3, 0.4) is 0 Å². The molecule has 1 saturated carbocycles. The molecule has 2 rings (SSSR count). The number of ether oxygens (including phenoxy) is 3. The number of hydrogen-bond donors (Lipinski definition) is 2. The first-order chi connectivity index (χ1) is 15.7. The highest BCUT2D eigenvalue weighted by Gasteiger charge is 2.48. The summed E-state index contributed by atoms with van der Waals surface area (Å²) < 4.78 is 16.8. The number of carbonyl (C=O) groups excluding carboxylic acids is 3. The Morgan fingerprint density at radius 2 is 1.56 bits per heavy atom. The summed E-state index contributed by atoms with van der Waals surface area (Å²) in [6.07, 6.45) is -2.67. The summed E-state index contributed by atoms with van der Waals surface area (Å²) in [6, 6.07) is 10.00. The predicted octanol–water partition coefficient (Wildman–Crippen LogP) is 3.13. The number of hydrogen-bond acceptors (Lipinski definition) is 7. The van der Waals surface area contributed by atoms with Crippen LogP contribution in [0.25, 0.3) is 0 Å². The lowest BCUT2D eigenvalue weighted by Gasteiger charge is -2.38. The fourth-order valence-electron chi connectivity index (χ4n) is 4.57. The predicted molar refractivity (Wildman–Crippen MR) is 131 cm³/mol. The molecule has 1 aliphatic carbocycles. The Morgan fingerprint density at radius 3 is 2.09 bits per heavy atom. The molecule has 34 heavy (non-hydrogen) atoms. The van der Waals surface area contributed by atoms with Gasteiger partial charge in [-0.3, -0.25) is 9.59 Å². The first-order valence-electron chi connectivity index (χ1n) is 11.8. The van der Waals surface area contributed by atoms with E-state index in [0.717, 1.165) is 0 Å². The van der Waals surface area contributed by atoms with Gasteiger partial charge in [-0.15, -0.1) is 0 Å². The van der Waals surface area contributed by atoms with Gasteiger partial charge in [0.2, 0.25) is 0 Å². The summed E-state index contributed by atoms with van der Waals surface area (Å²) in [5.74, 6) is -1.58. The molecule has 5 atom stereocenters. The number of rotatable bonds is 6. The minimum Gasteiger partial charge on any atom is -0.458 e. The lowest BCUT2D eigenvalue weighted by atomic mass is 9.94. The molecule has 0 aliphatic heterocycles. The van der Waals surface area contributed by atoms with Gasteiger partial charge in [-0.05, 0) is 39.7 Å². The molecule has 1 fully saturated rings. The van der Waals surface area contributed by atoms with E-state index < -0.39 is 62.0 Å². The van der Waals surface area contributed by atoms with Crippen LogP contribution in [0.1, 0.15) is 47.5 Å². The van der Waals surface area contributed by atoms with E-state index >= 15 is 0 Å². The Balaban J connectivity index is 2.42. The molecule has 2 N–H and O–H groups in total. The fraction of sp³-hybridized carbons (Fsp3) is 0.640. The second-order valence-corrected chi connectivity index (χ2v) is 15.4. The van der Waals surface area contributed by atoms with Crippen molar-refractivity contribution in [1.82, 2.24) is 5.32 Å². The molecule has 1 aromatic carbocycles. The summed E-state index contributed by atoms with van der Waals surface area (Å²) in [4.78, 5) is 36.7. The third-order valence-electron chi connectivity index (χ3n) is 6.02. The van der Waals surface area contributed by atoms with E-state index in [1.165, 1.54) is 19.0 Å². The van der Waals surface area contributed by atoms with Crippen molar-refractivity contribution in [3.63, 3.8) is 0 Å². The minimum atomic E-state index is -2.08. The van der Waals surface area contributed by atoms with E-state index in [0.29, 0.717) is 18.9 Å². The zero-order chi connectivity index (χ0) is 25.7. The number of aliphatic hydroxyl groups excluding tert-OH is 1. The first-order valence-corrected chi connectivity index (χ1v) is 15.0. The molecule has 0 radical (unpaired) electrons. The number of esters is 2. The van der Waals surface area contributed by atoms with Gasteiger partial charge in [0.1, 0.15) is 11.7 Å². The van der Waals surface area contributed by atoms with E-state index in [2.05, 4.69) is 30.5 Å². The molecule has 1 aliphatic rings.